The molecule has 4 nitrogen and oxygen atoms in total. The highest BCUT2D eigenvalue weighted by atomic mass is 19.4. The number of halogens is 3. The number of hydrogen-bond donors (Lipinski definition) is 2. The number of anilines is 2. The summed E-state index contributed by atoms with van der Waals surface area (Å²) in [6.45, 7) is 1.59. The lowest BCUT2D eigenvalue weighted by Gasteiger charge is -2.14. The third kappa shape index (κ3) is 2.59. The zero-order chi connectivity index (χ0) is 14.2. The van der Waals surface area contributed by atoms with Gasteiger partial charge in [-0.05, 0) is 25.1 Å². The van der Waals surface area contributed by atoms with Gasteiger partial charge >= 0.3 is 6.18 Å². The second-order valence-electron chi connectivity index (χ2n) is 4.02. The van der Waals surface area contributed by atoms with E-state index >= 15 is 0 Å². The van der Waals surface area contributed by atoms with E-state index in [0.29, 0.717) is 11.3 Å². The molecule has 0 bridgehead atoms. The highest BCUT2D eigenvalue weighted by molar-refractivity contribution is 5.71. The van der Waals surface area contributed by atoms with Crippen molar-refractivity contribution in [3.8, 4) is 11.1 Å². The summed E-state index contributed by atoms with van der Waals surface area (Å²) in [7, 11) is 0. The lowest BCUT2D eigenvalue weighted by Crippen LogP contribution is -2.09. The molecule has 0 aromatic carbocycles. The lowest BCUT2D eigenvalue weighted by atomic mass is 10.0. The minimum absolute atomic E-state index is 0.0632. The van der Waals surface area contributed by atoms with Crippen LogP contribution in [0, 0.1) is 6.92 Å². The summed E-state index contributed by atoms with van der Waals surface area (Å²) >= 11 is 0. The quantitative estimate of drug-likeness (QED) is 0.833. The molecule has 0 fully saturated rings. The molecule has 7 heteroatoms. The van der Waals surface area contributed by atoms with Gasteiger partial charge in [-0.1, -0.05) is 0 Å². The summed E-state index contributed by atoms with van der Waals surface area (Å²) in [6, 6.07) is 3.74. The second-order valence-corrected chi connectivity index (χ2v) is 4.02. The summed E-state index contributed by atoms with van der Waals surface area (Å²) in [5.41, 5.74) is 10.6. The van der Waals surface area contributed by atoms with Gasteiger partial charge in [0.25, 0.3) is 0 Å². The van der Waals surface area contributed by atoms with Gasteiger partial charge < -0.3 is 11.5 Å². The minimum Gasteiger partial charge on any atom is -0.384 e. The first-order valence-electron chi connectivity index (χ1n) is 5.35. The van der Waals surface area contributed by atoms with Gasteiger partial charge in [0.2, 0.25) is 0 Å². The van der Waals surface area contributed by atoms with Gasteiger partial charge in [-0.2, -0.15) is 13.2 Å². The van der Waals surface area contributed by atoms with Crippen LogP contribution in [0.4, 0.5) is 24.8 Å². The number of alkyl halides is 3. The number of nitrogens with two attached hydrogens (primary N) is 2. The molecular formula is C12H11F3N4. The van der Waals surface area contributed by atoms with Crippen molar-refractivity contribution in [2.24, 2.45) is 0 Å². The molecule has 100 valence electrons. The average molecular weight is 268 g/mol. The van der Waals surface area contributed by atoms with Crippen LogP contribution in [0.1, 0.15) is 11.3 Å². The summed E-state index contributed by atoms with van der Waals surface area (Å²) in [4.78, 5) is 7.66. The van der Waals surface area contributed by atoms with Crippen LogP contribution in [-0.2, 0) is 6.18 Å². The van der Waals surface area contributed by atoms with E-state index in [9.17, 15) is 13.2 Å². The summed E-state index contributed by atoms with van der Waals surface area (Å²) in [5.74, 6) is 0.0651. The number of aryl methyl sites for hydroxylation is 1. The molecule has 0 spiro atoms. The molecule has 2 aromatic heterocycles. The van der Waals surface area contributed by atoms with Crippen LogP contribution in [0.15, 0.2) is 24.4 Å². The molecule has 2 heterocycles. The Labute approximate surface area is 107 Å². The van der Waals surface area contributed by atoms with Gasteiger partial charge in [-0.3, -0.25) is 0 Å². The van der Waals surface area contributed by atoms with E-state index in [2.05, 4.69) is 9.97 Å². The van der Waals surface area contributed by atoms with Gasteiger partial charge in [-0.25, -0.2) is 9.97 Å². The molecule has 0 radical (unpaired) electrons. The third-order valence-corrected chi connectivity index (χ3v) is 2.63. The van der Waals surface area contributed by atoms with Crippen LogP contribution in [-0.4, -0.2) is 9.97 Å². The monoisotopic (exact) mass is 268 g/mol. The zero-order valence-electron chi connectivity index (χ0n) is 9.99. The Bertz CT molecular complexity index is 623. The average Bonchev–Trinajstić information content (AvgIpc) is 2.28. The van der Waals surface area contributed by atoms with E-state index in [1.165, 1.54) is 12.1 Å². The zero-order valence-corrected chi connectivity index (χ0v) is 9.99. The van der Waals surface area contributed by atoms with Crippen molar-refractivity contribution >= 4 is 11.6 Å². The molecule has 4 N–H and O–H groups in total. The van der Waals surface area contributed by atoms with Gasteiger partial charge in [0, 0.05) is 23.0 Å². The van der Waals surface area contributed by atoms with Crippen molar-refractivity contribution in [2.45, 2.75) is 13.1 Å². The SMILES string of the molecule is Cc1nc(N)ccc1-c1cnc(N)cc1C(F)(F)F. The maximum atomic E-state index is 13.0. The van der Waals surface area contributed by atoms with Gasteiger partial charge in [0.1, 0.15) is 11.6 Å². The fourth-order valence-corrected chi connectivity index (χ4v) is 1.79. The Hall–Kier alpha value is -2.31. The highest BCUT2D eigenvalue weighted by Crippen LogP contribution is 2.38. The second kappa shape index (κ2) is 4.42. The number of pyridine rings is 2. The van der Waals surface area contributed by atoms with Crippen LogP contribution in [0.2, 0.25) is 0 Å². The predicted octanol–water partition coefficient (Wildman–Crippen LogP) is 2.64. The molecule has 0 atom stereocenters. The van der Waals surface area contributed by atoms with Crippen LogP contribution in [0.5, 0.6) is 0 Å². The maximum absolute atomic E-state index is 13.0. The molecule has 19 heavy (non-hydrogen) atoms. The fourth-order valence-electron chi connectivity index (χ4n) is 1.79. The molecular weight excluding hydrogens is 257 g/mol. The number of hydrogen-bond acceptors (Lipinski definition) is 4. The molecule has 0 aliphatic carbocycles. The molecule has 2 aromatic rings. The number of aromatic nitrogens is 2. The van der Waals surface area contributed by atoms with E-state index in [0.717, 1.165) is 12.3 Å². The van der Waals surface area contributed by atoms with Crippen molar-refractivity contribution in [3.05, 3.63) is 35.7 Å². The molecule has 0 aliphatic heterocycles. The molecule has 0 amide bonds. The predicted molar refractivity (Wildman–Crippen MR) is 66.0 cm³/mol. The Kier molecular flexibility index (Phi) is 3.05. The molecule has 0 aliphatic rings. The fraction of sp³-hybridized carbons (Fsp3) is 0.167. The summed E-state index contributed by atoms with van der Waals surface area (Å²) < 4.78 is 39.0. The first kappa shape index (κ1) is 13.1. The first-order chi connectivity index (χ1) is 8.79. The lowest BCUT2D eigenvalue weighted by molar-refractivity contribution is -0.137. The van der Waals surface area contributed by atoms with E-state index < -0.39 is 11.7 Å². The maximum Gasteiger partial charge on any atom is 0.417 e. The van der Waals surface area contributed by atoms with Gasteiger partial charge in [0.15, 0.2) is 0 Å². The number of nitrogens with zero attached hydrogens (tertiary/aromatic N) is 2. The van der Waals surface area contributed by atoms with E-state index in [4.69, 9.17) is 11.5 Å². The van der Waals surface area contributed by atoms with Gasteiger partial charge in [0.05, 0.1) is 5.56 Å². The summed E-state index contributed by atoms with van der Waals surface area (Å²) in [6.07, 6.45) is -3.42. The Morgan fingerprint density at radius 3 is 2.32 bits per heavy atom. The Balaban J connectivity index is 2.68. The normalized spacial score (nSPS) is 11.6. The molecule has 0 saturated carbocycles. The Morgan fingerprint density at radius 2 is 1.74 bits per heavy atom. The van der Waals surface area contributed by atoms with E-state index in [-0.39, 0.29) is 17.2 Å². The largest absolute Gasteiger partial charge is 0.417 e. The van der Waals surface area contributed by atoms with Crippen LogP contribution in [0.3, 0.4) is 0 Å². The standard InChI is InChI=1S/C12H11F3N4/c1-6-7(2-3-10(16)19-6)8-5-18-11(17)4-9(8)12(13,14)15/h2-5H,1H3,(H2,16,19)(H2,17,18). The van der Waals surface area contributed by atoms with Crippen molar-refractivity contribution < 1.29 is 13.2 Å². The van der Waals surface area contributed by atoms with E-state index in [1.807, 2.05) is 0 Å². The third-order valence-electron chi connectivity index (χ3n) is 2.63. The smallest absolute Gasteiger partial charge is 0.384 e. The van der Waals surface area contributed by atoms with Gasteiger partial charge in [-0.15, -0.1) is 0 Å². The van der Waals surface area contributed by atoms with Crippen LogP contribution >= 0.6 is 0 Å². The topological polar surface area (TPSA) is 77.8 Å². The Morgan fingerprint density at radius 1 is 1.05 bits per heavy atom. The van der Waals surface area contributed by atoms with E-state index in [1.54, 1.807) is 6.92 Å². The summed E-state index contributed by atoms with van der Waals surface area (Å²) in [5, 5.41) is 0. The van der Waals surface area contributed by atoms with Crippen molar-refractivity contribution in [3.63, 3.8) is 0 Å². The molecule has 2 rings (SSSR count). The number of rotatable bonds is 1. The first-order valence-corrected chi connectivity index (χ1v) is 5.35. The molecule has 0 unspecified atom stereocenters. The van der Waals surface area contributed by atoms with Crippen molar-refractivity contribution in [1.82, 2.24) is 9.97 Å². The van der Waals surface area contributed by atoms with Crippen LogP contribution in [0.25, 0.3) is 11.1 Å². The van der Waals surface area contributed by atoms with Crippen molar-refractivity contribution in [1.29, 1.82) is 0 Å². The van der Waals surface area contributed by atoms with Crippen molar-refractivity contribution in [2.75, 3.05) is 11.5 Å². The minimum atomic E-state index is -4.51. The highest BCUT2D eigenvalue weighted by Gasteiger charge is 2.34. The van der Waals surface area contributed by atoms with Crippen LogP contribution < -0.4 is 11.5 Å². The number of nitrogen functional groups attached to an aromatic ring is 2. The molecule has 0 saturated heterocycles.